The average molecular weight is 343 g/mol. The van der Waals surface area contributed by atoms with Crippen molar-refractivity contribution in [1.82, 2.24) is 20.1 Å². The second kappa shape index (κ2) is 6.16. The summed E-state index contributed by atoms with van der Waals surface area (Å²) in [7, 11) is 1.63. The molecule has 0 aliphatic heterocycles. The SMILES string of the molecule is Cn1ncc2c(=O)c(C(=O)NC(C#N)c3ccc(F)cc3F)c[nH]c21. The fourth-order valence-corrected chi connectivity index (χ4v) is 2.42. The van der Waals surface area contributed by atoms with Crippen LogP contribution in [0.25, 0.3) is 11.0 Å². The number of halogens is 2. The van der Waals surface area contributed by atoms with E-state index >= 15 is 0 Å². The molecule has 0 spiro atoms. The zero-order chi connectivity index (χ0) is 18.1. The first-order chi connectivity index (χ1) is 11.9. The summed E-state index contributed by atoms with van der Waals surface area (Å²) in [6, 6.07) is 2.99. The number of nitrogens with zero attached hydrogens (tertiary/aromatic N) is 3. The van der Waals surface area contributed by atoms with Gasteiger partial charge in [-0.25, -0.2) is 8.78 Å². The molecule has 0 fully saturated rings. The van der Waals surface area contributed by atoms with Gasteiger partial charge in [0.05, 0.1) is 17.7 Å². The van der Waals surface area contributed by atoms with Crippen molar-refractivity contribution in [3.05, 3.63) is 63.6 Å². The van der Waals surface area contributed by atoms with Crippen LogP contribution in [0.15, 0.2) is 35.4 Å². The van der Waals surface area contributed by atoms with Crippen LogP contribution in [-0.4, -0.2) is 20.7 Å². The first-order valence-electron chi connectivity index (χ1n) is 7.11. The molecular weight excluding hydrogens is 332 g/mol. The number of carbonyl (C=O) groups is 1. The fraction of sp³-hybridized carbons (Fsp3) is 0.125. The van der Waals surface area contributed by atoms with Crippen molar-refractivity contribution in [1.29, 1.82) is 5.26 Å². The molecule has 3 aromatic rings. The number of pyridine rings is 1. The highest BCUT2D eigenvalue weighted by molar-refractivity contribution is 5.97. The van der Waals surface area contributed by atoms with Gasteiger partial charge in [-0.3, -0.25) is 14.3 Å². The predicted molar refractivity (Wildman–Crippen MR) is 83.5 cm³/mol. The first-order valence-corrected chi connectivity index (χ1v) is 7.11. The zero-order valence-corrected chi connectivity index (χ0v) is 12.9. The van der Waals surface area contributed by atoms with Crippen LogP contribution in [-0.2, 0) is 7.05 Å². The second-order valence-corrected chi connectivity index (χ2v) is 5.26. The molecule has 0 bridgehead atoms. The van der Waals surface area contributed by atoms with Crippen LogP contribution in [0.2, 0.25) is 0 Å². The molecule has 2 heterocycles. The van der Waals surface area contributed by atoms with Crippen LogP contribution >= 0.6 is 0 Å². The van der Waals surface area contributed by atoms with Gasteiger partial charge >= 0.3 is 0 Å². The van der Waals surface area contributed by atoms with Gasteiger partial charge in [-0.15, -0.1) is 0 Å². The quantitative estimate of drug-likeness (QED) is 0.753. The van der Waals surface area contributed by atoms with Crippen molar-refractivity contribution in [3.63, 3.8) is 0 Å². The molecule has 9 heteroatoms. The number of nitrogens with one attached hydrogen (secondary N) is 2. The highest BCUT2D eigenvalue weighted by atomic mass is 19.1. The summed E-state index contributed by atoms with van der Waals surface area (Å²) in [5, 5.41) is 15.6. The van der Waals surface area contributed by atoms with Gasteiger partial charge in [0.15, 0.2) is 0 Å². The summed E-state index contributed by atoms with van der Waals surface area (Å²) >= 11 is 0. The lowest BCUT2D eigenvalue weighted by Gasteiger charge is -2.12. The average Bonchev–Trinajstić information content (AvgIpc) is 2.95. The molecule has 126 valence electrons. The van der Waals surface area contributed by atoms with E-state index in [-0.39, 0.29) is 16.5 Å². The third-order valence-corrected chi connectivity index (χ3v) is 3.70. The van der Waals surface area contributed by atoms with E-state index in [9.17, 15) is 23.6 Å². The Bertz CT molecular complexity index is 1080. The van der Waals surface area contributed by atoms with Gasteiger partial charge in [-0.05, 0) is 6.07 Å². The molecule has 3 rings (SSSR count). The standard InChI is InChI=1S/C16H11F2N5O2/c1-23-15-10(7-21-23)14(24)11(6-20-15)16(25)22-13(5-19)9-3-2-8(17)4-12(9)18/h2-4,6-7,13H,1H3,(H,20,24)(H,22,25). The van der Waals surface area contributed by atoms with Crippen molar-refractivity contribution in [2.45, 2.75) is 6.04 Å². The third kappa shape index (κ3) is 2.85. The molecule has 1 unspecified atom stereocenters. The Hall–Kier alpha value is -3.54. The lowest BCUT2D eigenvalue weighted by Crippen LogP contribution is -2.32. The van der Waals surface area contributed by atoms with Crippen molar-refractivity contribution in [3.8, 4) is 6.07 Å². The van der Waals surface area contributed by atoms with Gasteiger partial charge in [-0.2, -0.15) is 10.4 Å². The number of benzene rings is 1. The molecule has 1 aromatic carbocycles. The Morgan fingerprint density at radius 2 is 2.20 bits per heavy atom. The topological polar surface area (TPSA) is 104 Å². The largest absolute Gasteiger partial charge is 0.345 e. The van der Waals surface area contributed by atoms with E-state index in [4.69, 9.17) is 0 Å². The van der Waals surface area contributed by atoms with E-state index in [0.29, 0.717) is 11.7 Å². The monoisotopic (exact) mass is 343 g/mol. The van der Waals surface area contributed by atoms with Gasteiger partial charge < -0.3 is 10.3 Å². The Labute approximate surface area is 139 Å². The molecule has 25 heavy (non-hydrogen) atoms. The van der Waals surface area contributed by atoms with Crippen LogP contribution in [0.4, 0.5) is 8.78 Å². The van der Waals surface area contributed by atoms with Gasteiger partial charge in [0, 0.05) is 24.9 Å². The number of carbonyl (C=O) groups excluding carboxylic acids is 1. The van der Waals surface area contributed by atoms with Crippen LogP contribution in [0.5, 0.6) is 0 Å². The van der Waals surface area contributed by atoms with Crippen LogP contribution < -0.4 is 10.7 Å². The highest BCUT2D eigenvalue weighted by Gasteiger charge is 2.21. The Morgan fingerprint density at radius 1 is 1.44 bits per heavy atom. The molecule has 7 nitrogen and oxygen atoms in total. The van der Waals surface area contributed by atoms with Gasteiger partial charge in [-0.1, -0.05) is 6.07 Å². The fourth-order valence-electron chi connectivity index (χ4n) is 2.42. The summed E-state index contributed by atoms with van der Waals surface area (Å²) in [5.74, 6) is -2.63. The second-order valence-electron chi connectivity index (χ2n) is 5.26. The minimum atomic E-state index is -1.38. The Balaban J connectivity index is 1.94. The molecule has 0 aliphatic carbocycles. The summed E-state index contributed by atoms with van der Waals surface area (Å²) in [6.07, 6.45) is 2.50. The number of aryl methyl sites for hydroxylation is 1. The maximum atomic E-state index is 13.8. The smallest absolute Gasteiger partial charge is 0.258 e. The number of hydrogen-bond donors (Lipinski definition) is 2. The highest BCUT2D eigenvalue weighted by Crippen LogP contribution is 2.18. The molecular formula is C16H11F2N5O2. The van der Waals surface area contributed by atoms with E-state index in [0.717, 1.165) is 12.1 Å². The molecule has 1 amide bonds. The summed E-state index contributed by atoms with van der Waals surface area (Å²) < 4.78 is 28.2. The molecule has 2 aromatic heterocycles. The first kappa shape index (κ1) is 16.3. The molecule has 2 N–H and O–H groups in total. The summed E-state index contributed by atoms with van der Waals surface area (Å²) in [6.45, 7) is 0. The van der Waals surface area contributed by atoms with Gasteiger partial charge in [0.1, 0.15) is 28.9 Å². The van der Waals surface area contributed by atoms with Crippen LogP contribution in [0.1, 0.15) is 22.0 Å². The zero-order valence-electron chi connectivity index (χ0n) is 12.9. The molecule has 0 saturated carbocycles. The molecule has 0 radical (unpaired) electrons. The van der Waals surface area contributed by atoms with E-state index in [1.807, 2.05) is 0 Å². The minimum Gasteiger partial charge on any atom is -0.345 e. The number of amides is 1. The Kier molecular flexibility index (Phi) is 4.02. The number of nitriles is 1. The maximum Gasteiger partial charge on any atom is 0.258 e. The number of aromatic amines is 1. The number of hydrogen-bond acceptors (Lipinski definition) is 4. The van der Waals surface area contributed by atoms with Crippen molar-refractivity contribution >= 4 is 16.9 Å². The van der Waals surface area contributed by atoms with E-state index < -0.39 is 29.0 Å². The predicted octanol–water partition coefficient (Wildman–Crippen LogP) is 1.53. The molecule has 0 saturated heterocycles. The number of fused-ring (bicyclic) bond motifs is 1. The van der Waals surface area contributed by atoms with E-state index in [2.05, 4.69) is 15.4 Å². The van der Waals surface area contributed by atoms with Crippen LogP contribution in [0, 0.1) is 23.0 Å². The van der Waals surface area contributed by atoms with E-state index in [1.165, 1.54) is 17.1 Å². The molecule has 1 atom stereocenters. The van der Waals surface area contributed by atoms with Crippen molar-refractivity contribution in [2.75, 3.05) is 0 Å². The minimum absolute atomic E-state index is 0.198. The summed E-state index contributed by atoms with van der Waals surface area (Å²) in [4.78, 5) is 27.5. The number of aromatic nitrogens is 3. The third-order valence-electron chi connectivity index (χ3n) is 3.70. The lowest BCUT2D eigenvalue weighted by molar-refractivity contribution is 0.0943. The van der Waals surface area contributed by atoms with E-state index in [1.54, 1.807) is 13.1 Å². The van der Waals surface area contributed by atoms with Gasteiger partial charge in [0.2, 0.25) is 5.43 Å². The number of H-pyrrole nitrogens is 1. The lowest BCUT2D eigenvalue weighted by atomic mass is 10.1. The van der Waals surface area contributed by atoms with Crippen molar-refractivity contribution in [2.24, 2.45) is 7.05 Å². The summed E-state index contributed by atoms with van der Waals surface area (Å²) in [5.41, 5.74) is -0.585. The van der Waals surface area contributed by atoms with Crippen molar-refractivity contribution < 1.29 is 13.6 Å². The Morgan fingerprint density at radius 3 is 2.88 bits per heavy atom. The van der Waals surface area contributed by atoms with Gasteiger partial charge in [0.25, 0.3) is 5.91 Å². The normalized spacial score (nSPS) is 11.9. The van der Waals surface area contributed by atoms with Crippen LogP contribution in [0.3, 0.4) is 0 Å². The maximum absolute atomic E-state index is 13.8. The number of rotatable bonds is 3. The molecule has 0 aliphatic rings.